The van der Waals surface area contributed by atoms with E-state index >= 15 is 0 Å². The number of nitrogens with zero attached hydrogens (tertiary/aromatic N) is 3. The number of hydrogen-bond donors (Lipinski definition) is 2. The number of hydrogen-bond acceptors (Lipinski definition) is 3. The van der Waals surface area contributed by atoms with Crippen LogP contribution in [0.3, 0.4) is 0 Å². The maximum atomic E-state index is 12.7. The molecule has 0 spiro atoms. The van der Waals surface area contributed by atoms with Gasteiger partial charge in [0, 0.05) is 30.4 Å². The van der Waals surface area contributed by atoms with Crippen molar-refractivity contribution in [3.8, 4) is 0 Å². The number of nitrogens with one attached hydrogen (secondary N) is 2. The van der Waals surface area contributed by atoms with Gasteiger partial charge in [0.1, 0.15) is 5.82 Å². The van der Waals surface area contributed by atoms with Crippen molar-refractivity contribution in [2.75, 3.05) is 23.3 Å². The van der Waals surface area contributed by atoms with Crippen LogP contribution in [0.4, 0.5) is 16.3 Å². The van der Waals surface area contributed by atoms with E-state index in [0.717, 1.165) is 11.3 Å². The van der Waals surface area contributed by atoms with Crippen LogP contribution >= 0.6 is 0 Å². The zero-order valence-electron chi connectivity index (χ0n) is 18.1. The number of urea groups is 1. The Labute approximate surface area is 182 Å². The Balaban J connectivity index is 1.43. The largest absolute Gasteiger partial charge is 0.336 e. The maximum Gasteiger partial charge on any atom is 0.321 e. The summed E-state index contributed by atoms with van der Waals surface area (Å²) in [6.07, 6.45) is 1.67. The van der Waals surface area contributed by atoms with E-state index < -0.39 is 0 Å². The fourth-order valence-corrected chi connectivity index (χ4v) is 3.55. The standard InChI is InChI=1S/C24H27N5O2/c1-24(2,3)19-8-4-17(5-9-19)16-29-21(12-13-26-29)27-22(30)18-6-10-20(11-7-18)28-15-14-25-23(28)31/h4-13H,14-16H2,1-3H3,(H,25,31)(H,27,30). The number of aromatic nitrogens is 2. The van der Waals surface area contributed by atoms with Crippen LogP contribution in [-0.4, -0.2) is 34.8 Å². The predicted molar refractivity (Wildman–Crippen MR) is 122 cm³/mol. The smallest absolute Gasteiger partial charge is 0.321 e. The zero-order chi connectivity index (χ0) is 22.0. The molecule has 1 fully saturated rings. The van der Waals surface area contributed by atoms with Crippen LogP contribution < -0.4 is 15.5 Å². The number of anilines is 2. The highest BCUT2D eigenvalue weighted by Gasteiger charge is 2.21. The van der Waals surface area contributed by atoms with Gasteiger partial charge in [-0.25, -0.2) is 9.48 Å². The second-order valence-corrected chi connectivity index (χ2v) is 8.71. The molecule has 1 aliphatic rings. The molecule has 2 aromatic carbocycles. The molecule has 0 saturated carbocycles. The first kappa shape index (κ1) is 20.7. The quantitative estimate of drug-likeness (QED) is 0.658. The Bertz CT molecular complexity index is 1080. The first-order valence-electron chi connectivity index (χ1n) is 10.4. The van der Waals surface area contributed by atoms with Crippen LogP contribution in [-0.2, 0) is 12.0 Å². The van der Waals surface area contributed by atoms with Crippen molar-refractivity contribution in [2.24, 2.45) is 0 Å². The van der Waals surface area contributed by atoms with Gasteiger partial charge < -0.3 is 10.6 Å². The first-order chi connectivity index (χ1) is 14.8. The fourth-order valence-electron chi connectivity index (χ4n) is 3.55. The Morgan fingerprint density at radius 3 is 2.39 bits per heavy atom. The van der Waals surface area contributed by atoms with E-state index in [1.165, 1.54) is 5.56 Å². The van der Waals surface area contributed by atoms with Crippen LogP contribution in [0.5, 0.6) is 0 Å². The molecule has 1 aromatic heterocycles. The Morgan fingerprint density at radius 1 is 1.06 bits per heavy atom. The van der Waals surface area contributed by atoms with Crippen molar-refractivity contribution < 1.29 is 9.59 Å². The summed E-state index contributed by atoms with van der Waals surface area (Å²) in [7, 11) is 0. The summed E-state index contributed by atoms with van der Waals surface area (Å²) in [6.45, 7) is 8.39. The van der Waals surface area contributed by atoms with Crippen molar-refractivity contribution in [1.82, 2.24) is 15.1 Å². The molecule has 0 atom stereocenters. The number of carbonyl (C=O) groups excluding carboxylic acids is 2. The minimum Gasteiger partial charge on any atom is -0.336 e. The van der Waals surface area contributed by atoms with Crippen molar-refractivity contribution in [3.63, 3.8) is 0 Å². The average Bonchev–Trinajstić information content (AvgIpc) is 3.36. The normalized spacial score (nSPS) is 13.9. The van der Waals surface area contributed by atoms with Gasteiger partial charge in [-0.1, -0.05) is 45.0 Å². The summed E-state index contributed by atoms with van der Waals surface area (Å²) in [4.78, 5) is 26.2. The van der Waals surface area contributed by atoms with E-state index in [1.54, 1.807) is 46.1 Å². The molecule has 160 valence electrons. The lowest BCUT2D eigenvalue weighted by Gasteiger charge is -2.19. The highest BCUT2D eigenvalue weighted by molar-refractivity contribution is 6.04. The number of carbonyl (C=O) groups is 2. The van der Waals surface area contributed by atoms with E-state index in [1.807, 2.05) is 0 Å². The summed E-state index contributed by atoms with van der Waals surface area (Å²) in [5, 5.41) is 10.1. The topological polar surface area (TPSA) is 79.3 Å². The second kappa shape index (κ2) is 8.26. The van der Waals surface area contributed by atoms with Gasteiger partial charge in [-0.05, 0) is 40.8 Å². The third kappa shape index (κ3) is 4.60. The summed E-state index contributed by atoms with van der Waals surface area (Å²) in [6, 6.07) is 17.2. The fraction of sp³-hybridized carbons (Fsp3) is 0.292. The average molecular weight is 418 g/mol. The van der Waals surface area contributed by atoms with Crippen molar-refractivity contribution >= 4 is 23.4 Å². The first-order valence-corrected chi connectivity index (χ1v) is 10.4. The minimum atomic E-state index is -0.220. The Kier molecular flexibility index (Phi) is 5.50. The molecule has 31 heavy (non-hydrogen) atoms. The van der Waals surface area contributed by atoms with E-state index in [-0.39, 0.29) is 17.4 Å². The summed E-state index contributed by atoms with van der Waals surface area (Å²) >= 11 is 0. The van der Waals surface area contributed by atoms with E-state index in [9.17, 15) is 9.59 Å². The lowest BCUT2D eigenvalue weighted by atomic mass is 9.87. The molecule has 7 nitrogen and oxygen atoms in total. The highest BCUT2D eigenvalue weighted by Crippen LogP contribution is 2.23. The van der Waals surface area contributed by atoms with E-state index in [4.69, 9.17) is 0 Å². The van der Waals surface area contributed by atoms with Gasteiger partial charge in [-0.2, -0.15) is 5.10 Å². The zero-order valence-corrected chi connectivity index (χ0v) is 18.1. The summed E-state index contributed by atoms with van der Waals surface area (Å²) < 4.78 is 1.77. The molecule has 0 bridgehead atoms. The third-order valence-corrected chi connectivity index (χ3v) is 5.41. The van der Waals surface area contributed by atoms with Crippen LogP contribution in [0.2, 0.25) is 0 Å². The third-order valence-electron chi connectivity index (χ3n) is 5.41. The molecular formula is C24H27N5O2. The molecule has 1 aliphatic heterocycles. The van der Waals surface area contributed by atoms with Crippen molar-refractivity contribution in [1.29, 1.82) is 0 Å². The molecule has 2 N–H and O–H groups in total. The van der Waals surface area contributed by atoms with E-state index in [0.29, 0.717) is 31.0 Å². The monoisotopic (exact) mass is 417 g/mol. The highest BCUT2D eigenvalue weighted by atomic mass is 16.2. The molecule has 7 heteroatoms. The lowest BCUT2D eigenvalue weighted by molar-refractivity contribution is 0.102. The van der Waals surface area contributed by atoms with Gasteiger partial charge in [0.25, 0.3) is 5.91 Å². The van der Waals surface area contributed by atoms with Gasteiger partial charge >= 0.3 is 6.03 Å². The van der Waals surface area contributed by atoms with Gasteiger partial charge in [0.05, 0.1) is 12.7 Å². The molecular weight excluding hydrogens is 390 g/mol. The van der Waals surface area contributed by atoms with Gasteiger partial charge in [0.2, 0.25) is 0 Å². The molecule has 1 saturated heterocycles. The number of rotatable bonds is 5. The summed E-state index contributed by atoms with van der Waals surface area (Å²) in [5.41, 5.74) is 3.79. The molecule has 0 aliphatic carbocycles. The SMILES string of the molecule is CC(C)(C)c1ccc(Cn2nccc2NC(=O)c2ccc(N3CCNC3=O)cc2)cc1. The summed E-state index contributed by atoms with van der Waals surface area (Å²) in [5.74, 6) is 0.412. The number of benzene rings is 2. The van der Waals surface area contributed by atoms with Crippen LogP contribution in [0, 0.1) is 0 Å². The molecule has 3 amide bonds. The van der Waals surface area contributed by atoms with Crippen LogP contribution in [0.25, 0.3) is 0 Å². The Hall–Kier alpha value is -3.61. The lowest BCUT2D eigenvalue weighted by Crippen LogP contribution is -2.27. The van der Waals surface area contributed by atoms with E-state index in [2.05, 4.69) is 60.8 Å². The molecule has 3 aromatic rings. The molecule has 4 rings (SSSR count). The van der Waals surface area contributed by atoms with Gasteiger partial charge in [0.15, 0.2) is 0 Å². The van der Waals surface area contributed by atoms with Crippen molar-refractivity contribution in [3.05, 3.63) is 77.5 Å². The predicted octanol–water partition coefficient (Wildman–Crippen LogP) is 4.01. The number of amides is 3. The molecule has 0 radical (unpaired) electrons. The minimum absolute atomic E-state index is 0.109. The van der Waals surface area contributed by atoms with Crippen LogP contribution in [0.15, 0.2) is 60.8 Å². The van der Waals surface area contributed by atoms with Gasteiger partial charge in [-0.3, -0.25) is 9.69 Å². The second-order valence-electron chi connectivity index (χ2n) is 8.71. The van der Waals surface area contributed by atoms with Crippen LogP contribution in [0.1, 0.15) is 42.3 Å². The van der Waals surface area contributed by atoms with Crippen molar-refractivity contribution in [2.45, 2.75) is 32.7 Å². The molecule has 2 heterocycles. The molecule has 0 unspecified atom stereocenters. The van der Waals surface area contributed by atoms with Gasteiger partial charge in [-0.15, -0.1) is 0 Å². The maximum absolute atomic E-state index is 12.7. The Morgan fingerprint density at radius 2 is 1.77 bits per heavy atom.